The maximum Gasteiger partial charge on any atom is 0.287 e. The molecule has 1 amide bonds. The van der Waals surface area contributed by atoms with E-state index in [4.69, 9.17) is 13.9 Å². The van der Waals surface area contributed by atoms with Gasteiger partial charge < -0.3 is 19.2 Å². The summed E-state index contributed by atoms with van der Waals surface area (Å²) in [6, 6.07) is 14.4. The van der Waals surface area contributed by atoms with E-state index in [1.54, 1.807) is 19.2 Å². The molecule has 1 N–H and O–H groups in total. The van der Waals surface area contributed by atoms with Crippen molar-refractivity contribution in [3.05, 3.63) is 75.6 Å². The number of morpholine rings is 1. The van der Waals surface area contributed by atoms with Crippen LogP contribution in [0.15, 0.2) is 57.7 Å². The Hall–Kier alpha value is -3.16. The number of nitrogens with zero attached hydrogens (tertiary/aromatic N) is 1. The van der Waals surface area contributed by atoms with Crippen LogP contribution in [0.4, 0.5) is 0 Å². The lowest BCUT2D eigenvalue weighted by Crippen LogP contribution is -2.43. The van der Waals surface area contributed by atoms with Crippen molar-refractivity contribution in [2.75, 3.05) is 40.0 Å². The standard InChI is InChI=1S/C24H26N2O5/c1-16-3-8-22-19(13-16)21(27)14-23(31-22)24(28)25-15-20(26-9-11-30-12-10-26)17-4-6-18(29-2)7-5-17/h3-8,13-14,20H,9-12,15H2,1-2H3,(H,25,28). The molecule has 1 fully saturated rings. The van der Waals surface area contributed by atoms with Gasteiger partial charge in [-0.2, -0.15) is 0 Å². The fraction of sp³-hybridized carbons (Fsp3) is 0.333. The average molecular weight is 422 g/mol. The molecule has 1 aromatic heterocycles. The van der Waals surface area contributed by atoms with Crippen molar-refractivity contribution < 1.29 is 18.7 Å². The fourth-order valence-electron chi connectivity index (χ4n) is 3.83. The topological polar surface area (TPSA) is 81.0 Å². The Morgan fingerprint density at radius 3 is 2.58 bits per heavy atom. The smallest absolute Gasteiger partial charge is 0.287 e. The summed E-state index contributed by atoms with van der Waals surface area (Å²) < 4.78 is 16.5. The Kier molecular flexibility index (Phi) is 6.34. The van der Waals surface area contributed by atoms with Crippen molar-refractivity contribution in [1.29, 1.82) is 0 Å². The molecule has 1 unspecified atom stereocenters. The number of amides is 1. The first-order chi connectivity index (χ1) is 15.0. The number of benzene rings is 2. The number of hydrogen-bond acceptors (Lipinski definition) is 6. The van der Waals surface area contributed by atoms with Crippen molar-refractivity contribution in [3.63, 3.8) is 0 Å². The third-order valence-corrected chi connectivity index (χ3v) is 5.55. The second-order valence-corrected chi connectivity index (χ2v) is 7.62. The third kappa shape index (κ3) is 4.78. The van der Waals surface area contributed by atoms with Crippen molar-refractivity contribution in [1.82, 2.24) is 10.2 Å². The minimum Gasteiger partial charge on any atom is -0.497 e. The van der Waals surface area contributed by atoms with Crippen LogP contribution in [0.1, 0.15) is 27.7 Å². The molecule has 1 saturated heterocycles. The average Bonchev–Trinajstić information content (AvgIpc) is 2.80. The molecule has 0 spiro atoms. The van der Waals surface area contributed by atoms with Gasteiger partial charge in [0.05, 0.1) is 31.8 Å². The van der Waals surface area contributed by atoms with Crippen LogP contribution in [0.5, 0.6) is 5.75 Å². The highest BCUT2D eigenvalue weighted by Gasteiger charge is 2.24. The molecule has 31 heavy (non-hydrogen) atoms. The van der Waals surface area contributed by atoms with Crippen LogP contribution in [-0.4, -0.2) is 50.8 Å². The van der Waals surface area contributed by atoms with Crippen LogP contribution in [0.25, 0.3) is 11.0 Å². The fourth-order valence-corrected chi connectivity index (χ4v) is 3.83. The number of rotatable bonds is 6. The van der Waals surface area contributed by atoms with Gasteiger partial charge in [-0.25, -0.2) is 0 Å². The lowest BCUT2D eigenvalue weighted by atomic mass is 10.0. The van der Waals surface area contributed by atoms with Gasteiger partial charge in [-0.05, 0) is 36.8 Å². The van der Waals surface area contributed by atoms with Crippen LogP contribution < -0.4 is 15.5 Å². The normalized spacial score (nSPS) is 15.5. The van der Waals surface area contributed by atoms with E-state index in [2.05, 4.69) is 10.2 Å². The highest BCUT2D eigenvalue weighted by molar-refractivity contribution is 5.93. The molecule has 1 aliphatic heterocycles. The van der Waals surface area contributed by atoms with Gasteiger partial charge in [-0.15, -0.1) is 0 Å². The van der Waals surface area contributed by atoms with E-state index in [1.165, 1.54) is 6.07 Å². The molecule has 0 saturated carbocycles. The maximum atomic E-state index is 12.8. The summed E-state index contributed by atoms with van der Waals surface area (Å²) in [4.78, 5) is 27.6. The van der Waals surface area contributed by atoms with Gasteiger partial charge in [-0.3, -0.25) is 14.5 Å². The molecule has 7 nitrogen and oxygen atoms in total. The molecule has 0 aliphatic carbocycles. The van der Waals surface area contributed by atoms with E-state index in [0.717, 1.165) is 30.0 Å². The zero-order chi connectivity index (χ0) is 21.8. The van der Waals surface area contributed by atoms with Gasteiger partial charge in [0.1, 0.15) is 11.3 Å². The number of aryl methyl sites for hydroxylation is 1. The molecular weight excluding hydrogens is 396 g/mol. The van der Waals surface area contributed by atoms with E-state index >= 15 is 0 Å². The minimum atomic E-state index is -0.411. The molecule has 0 radical (unpaired) electrons. The Bertz CT molecular complexity index is 1120. The molecule has 4 rings (SSSR count). The lowest BCUT2D eigenvalue weighted by molar-refractivity contribution is 0.0161. The Balaban J connectivity index is 1.54. The van der Waals surface area contributed by atoms with E-state index in [0.29, 0.717) is 30.7 Å². The highest BCUT2D eigenvalue weighted by Crippen LogP contribution is 2.24. The summed E-state index contributed by atoms with van der Waals surface area (Å²) >= 11 is 0. The van der Waals surface area contributed by atoms with Crippen molar-refractivity contribution >= 4 is 16.9 Å². The van der Waals surface area contributed by atoms with E-state index < -0.39 is 5.91 Å². The van der Waals surface area contributed by atoms with Gasteiger partial charge in [0.25, 0.3) is 5.91 Å². The van der Waals surface area contributed by atoms with Gasteiger partial charge >= 0.3 is 0 Å². The Labute approximate surface area is 180 Å². The third-order valence-electron chi connectivity index (χ3n) is 5.55. The van der Waals surface area contributed by atoms with E-state index in [1.807, 2.05) is 37.3 Å². The Morgan fingerprint density at radius 1 is 1.13 bits per heavy atom. The molecule has 1 atom stereocenters. The van der Waals surface area contributed by atoms with Crippen molar-refractivity contribution in [2.45, 2.75) is 13.0 Å². The zero-order valence-electron chi connectivity index (χ0n) is 17.7. The summed E-state index contributed by atoms with van der Waals surface area (Å²) in [5, 5.41) is 3.41. The summed E-state index contributed by atoms with van der Waals surface area (Å²) in [6.45, 7) is 5.14. The van der Waals surface area contributed by atoms with Gasteiger partial charge in [0.15, 0.2) is 11.2 Å². The number of carbonyl (C=O) groups is 1. The number of fused-ring (bicyclic) bond motifs is 1. The van der Waals surface area contributed by atoms with Crippen LogP contribution in [-0.2, 0) is 4.74 Å². The minimum absolute atomic E-state index is 0.0109. The first kappa shape index (κ1) is 21.1. The van der Waals surface area contributed by atoms with Gasteiger partial charge in [0.2, 0.25) is 0 Å². The lowest BCUT2D eigenvalue weighted by Gasteiger charge is -2.35. The SMILES string of the molecule is COc1ccc(C(CNC(=O)c2cc(=O)c3cc(C)ccc3o2)N2CCOCC2)cc1. The quantitative estimate of drug-likeness (QED) is 0.658. The maximum absolute atomic E-state index is 12.8. The predicted molar refractivity (Wildman–Crippen MR) is 118 cm³/mol. The summed E-state index contributed by atoms with van der Waals surface area (Å²) in [6.07, 6.45) is 0. The molecule has 2 aromatic carbocycles. The first-order valence-corrected chi connectivity index (χ1v) is 10.3. The number of methoxy groups -OCH3 is 1. The summed E-state index contributed by atoms with van der Waals surface area (Å²) in [5.74, 6) is 0.379. The molecular formula is C24H26N2O5. The van der Waals surface area contributed by atoms with Crippen molar-refractivity contribution in [2.24, 2.45) is 0 Å². The second-order valence-electron chi connectivity index (χ2n) is 7.62. The molecule has 0 bridgehead atoms. The number of nitrogens with one attached hydrogen (secondary N) is 1. The predicted octanol–water partition coefficient (Wildman–Crippen LogP) is 2.91. The van der Waals surface area contributed by atoms with E-state index in [9.17, 15) is 9.59 Å². The monoisotopic (exact) mass is 422 g/mol. The van der Waals surface area contributed by atoms with Gasteiger partial charge in [0, 0.05) is 25.7 Å². The number of carbonyl (C=O) groups excluding carboxylic acids is 1. The van der Waals surface area contributed by atoms with E-state index in [-0.39, 0.29) is 17.2 Å². The number of hydrogen-bond donors (Lipinski definition) is 1. The molecule has 7 heteroatoms. The van der Waals surface area contributed by atoms with Crippen LogP contribution in [0.3, 0.4) is 0 Å². The van der Waals surface area contributed by atoms with Crippen LogP contribution in [0.2, 0.25) is 0 Å². The first-order valence-electron chi connectivity index (χ1n) is 10.3. The van der Waals surface area contributed by atoms with Gasteiger partial charge in [-0.1, -0.05) is 23.8 Å². The molecule has 1 aliphatic rings. The largest absolute Gasteiger partial charge is 0.497 e. The highest BCUT2D eigenvalue weighted by atomic mass is 16.5. The molecule has 3 aromatic rings. The summed E-state index contributed by atoms with van der Waals surface area (Å²) in [5.41, 5.74) is 2.21. The Morgan fingerprint density at radius 2 is 1.87 bits per heavy atom. The number of ether oxygens (including phenoxy) is 2. The van der Waals surface area contributed by atoms with Crippen LogP contribution in [0, 0.1) is 6.92 Å². The molecule has 162 valence electrons. The second kappa shape index (κ2) is 9.32. The summed E-state index contributed by atoms with van der Waals surface area (Å²) in [7, 11) is 1.63. The molecule has 2 heterocycles. The van der Waals surface area contributed by atoms with Crippen molar-refractivity contribution in [3.8, 4) is 5.75 Å². The zero-order valence-corrected chi connectivity index (χ0v) is 17.7. The van der Waals surface area contributed by atoms with Crippen LogP contribution >= 0.6 is 0 Å².